The molecule has 0 spiro atoms. The van der Waals surface area contributed by atoms with Crippen LogP contribution >= 0.6 is 0 Å². The highest BCUT2D eigenvalue weighted by molar-refractivity contribution is 7.89. The molecule has 1 amide bonds. The zero-order valence-electron chi connectivity index (χ0n) is 18.5. The molecule has 0 aliphatic carbocycles. The van der Waals surface area contributed by atoms with Crippen molar-refractivity contribution in [2.24, 2.45) is 5.92 Å². The van der Waals surface area contributed by atoms with Gasteiger partial charge in [0, 0.05) is 60.7 Å². The number of sulfonamides is 1. The van der Waals surface area contributed by atoms with E-state index in [1.807, 2.05) is 6.07 Å². The minimum absolute atomic E-state index is 0.0357. The zero-order chi connectivity index (χ0) is 24.7. The largest absolute Gasteiger partial charge is 0.322 e. The number of anilines is 1. The van der Waals surface area contributed by atoms with Crippen LogP contribution in [0.3, 0.4) is 0 Å². The van der Waals surface area contributed by atoms with Crippen molar-refractivity contribution in [3.8, 4) is 0 Å². The van der Waals surface area contributed by atoms with E-state index in [1.54, 1.807) is 10.6 Å². The van der Waals surface area contributed by atoms with Crippen LogP contribution < -0.4 is 10.9 Å². The van der Waals surface area contributed by atoms with Gasteiger partial charge >= 0.3 is 0 Å². The number of carbonyl (C=O) groups excluding carboxylic acids is 1. The first-order chi connectivity index (χ1) is 16.7. The quantitative estimate of drug-likeness (QED) is 0.429. The van der Waals surface area contributed by atoms with Gasteiger partial charge in [0.05, 0.1) is 9.82 Å². The molecule has 1 saturated heterocycles. The molecule has 5 rings (SSSR count). The van der Waals surface area contributed by atoms with Crippen molar-refractivity contribution in [3.63, 3.8) is 0 Å². The first-order valence-corrected chi connectivity index (χ1v) is 12.5. The predicted octanol–water partition coefficient (Wildman–Crippen LogP) is 2.82. The van der Waals surface area contributed by atoms with Gasteiger partial charge in [0.2, 0.25) is 10.0 Å². The minimum atomic E-state index is -3.76. The number of rotatable bonds is 5. The van der Waals surface area contributed by atoms with Crippen molar-refractivity contribution in [1.29, 1.82) is 0 Å². The molecule has 35 heavy (non-hydrogen) atoms. The van der Waals surface area contributed by atoms with Gasteiger partial charge in [-0.15, -0.1) is 0 Å². The molecule has 2 atom stereocenters. The van der Waals surface area contributed by atoms with Crippen molar-refractivity contribution >= 4 is 27.3 Å². The van der Waals surface area contributed by atoms with Gasteiger partial charge in [-0.3, -0.25) is 19.7 Å². The van der Waals surface area contributed by atoms with Gasteiger partial charge in [0.25, 0.3) is 17.2 Å². The number of nitrogens with one attached hydrogen (secondary N) is 1. The number of non-ortho nitro benzene ring substituents is 1. The smallest absolute Gasteiger partial charge is 0.269 e. The maximum absolute atomic E-state index is 13.4. The molecule has 1 fully saturated rings. The second-order valence-corrected chi connectivity index (χ2v) is 10.7. The first kappa shape index (κ1) is 22.9. The molecule has 1 aromatic heterocycles. The Morgan fingerprint density at radius 2 is 1.69 bits per heavy atom. The van der Waals surface area contributed by atoms with Gasteiger partial charge < -0.3 is 9.88 Å². The number of hydrogen-bond donors (Lipinski definition) is 1. The summed E-state index contributed by atoms with van der Waals surface area (Å²) in [4.78, 5) is 35.0. The molecule has 1 N–H and O–H groups in total. The molecule has 3 aromatic rings. The summed E-state index contributed by atoms with van der Waals surface area (Å²) in [6, 6.07) is 16.2. The third-order valence-corrected chi connectivity index (χ3v) is 8.38. The molecule has 3 heterocycles. The second-order valence-electron chi connectivity index (χ2n) is 8.80. The Hall–Kier alpha value is -3.83. The molecular formula is C24H22N4O6S. The highest BCUT2D eigenvalue weighted by Gasteiger charge is 2.39. The maximum atomic E-state index is 13.4. The fraction of sp³-hybridized carbons (Fsp3) is 0.250. The van der Waals surface area contributed by atoms with E-state index in [1.165, 1.54) is 58.9 Å². The monoisotopic (exact) mass is 494 g/mol. The SMILES string of the molecule is O=C(Nc1ccc(S(=O)(=O)N2C[C@H]3C[C@@H](C2)c2cccc(=O)n2C3)cc1)c1ccc([N+](=O)[O-])cc1. The molecule has 2 aliphatic rings. The van der Waals surface area contributed by atoms with Gasteiger partial charge in [-0.05, 0) is 54.8 Å². The molecule has 11 heteroatoms. The van der Waals surface area contributed by atoms with E-state index in [0.717, 1.165) is 12.1 Å². The van der Waals surface area contributed by atoms with E-state index in [9.17, 15) is 28.1 Å². The van der Waals surface area contributed by atoms with Crippen molar-refractivity contribution in [2.45, 2.75) is 23.8 Å². The number of nitro benzene ring substituents is 1. The Morgan fingerprint density at radius 3 is 2.37 bits per heavy atom. The Balaban J connectivity index is 1.30. The Bertz CT molecular complexity index is 1470. The van der Waals surface area contributed by atoms with Gasteiger partial charge in [0.1, 0.15) is 0 Å². The van der Waals surface area contributed by atoms with E-state index >= 15 is 0 Å². The molecular weight excluding hydrogens is 472 g/mol. The average Bonchev–Trinajstić information content (AvgIpc) is 2.85. The van der Waals surface area contributed by atoms with E-state index in [0.29, 0.717) is 25.3 Å². The molecule has 2 bridgehead atoms. The number of nitrogens with zero attached hydrogens (tertiary/aromatic N) is 3. The minimum Gasteiger partial charge on any atom is -0.322 e. The van der Waals surface area contributed by atoms with E-state index < -0.39 is 20.9 Å². The normalized spacial score (nSPS) is 19.5. The Kier molecular flexibility index (Phi) is 5.73. The average molecular weight is 495 g/mol. The summed E-state index contributed by atoms with van der Waals surface area (Å²) >= 11 is 0. The summed E-state index contributed by atoms with van der Waals surface area (Å²) in [5, 5.41) is 13.4. The topological polar surface area (TPSA) is 132 Å². The standard InChI is InChI=1S/C24H22N4O6S/c29-23-3-1-2-22-18-12-16(14-27(22)23)13-26(15-18)35(33,34)21-10-6-19(7-11-21)25-24(30)17-4-8-20(9-5-17)28(31)32/h1-11,16,18H,12-15H2,(H,25,30)/t16-,18+/m1/s1. The number of amides is 1. The number of carbonyl (C=O) groups is 1. The van der Waals surface area contributed by atoms with Crippen LogP contribution in [0.1, 0.15) is 28.4 Å². The third-order valence-electron chi connectivity index (χ3n) is 6.54. The number of pyridine rings is 1. The van der Waals surface area contributed by atoms with E-state index in [4.69, 9.17) is 0 Å². The van der Waals surface area contributed by atoms with Gasteiger partial charge in [-0.2, -0.15) is 4.31 Å². The molecule has 0 radical (unpaired) electrons. The van der Waals surface area contributed by atoms with Crippen LogP contribution in [0.4, 0.5) is 11.4 Å². The van der Waals surface area contributed by atoms with Crippen molar-refractivity contribution in [1.82, 2.24) is 8.87 Å². The Labute approximate surface area is 201 Å². The first-order valence-electron chi connectivity index (χ1n) is 11.1. The fourth-order valence-corrected chi connectivity index (χ4v) is 6.41. The van der Waals surface area contributed by atoms with Crippen LogP contribution in [0.15, 0.2) is 76.4 Å². The van der Waals surface area contributed by atoms with Gasteiger partial charge in [0.15, 0.2) is 0 Å². The van der Waals surface area contributed by atoms with Crippen LogP contribution in [-0.4, -0.2) is 41.2 Å². The van der Waals surface area contributed by atoms with E-state index in [-0.39, 0.29) is 33.5 Å². The summed E-state index contributed by atoms with van der Waals surface area (Å²) in [5.74, 6) is -0.434. The fourth-order valence-electron chi connectivity index (χ4n) is 4.85. The molecule has 0 unspecified atom stereocenters. The summed E-state index contributed by atoms with van der Waals surface area (Å²) in [5.41, 5.74) is 1.34. The lowest BCUT2D eigenvalue weighted by atomic mass is 9.84. The lowest BCUT2D eigenvalue weighted by Crippen LogP contribution is -2.48. The molecule has 0 saturated carbocycles. The van der Waals surface area contributed by atoms with Crippen LogP contribution in [0.5, 0.6) is 0 Å². The van der Waals surface area contributed by atoms with Crippen LogP contribution in [-0.2, 0) is 16.6 Å². The maximum Gasteiger partial charge on any atom is 0.269 e. The predicted molar refractivity (Wildman–Crippen MR) is 128 cm³/mol. The molecule has 2 aromatic carbocycles. The Morgan fingerprint density at radius 1 is 0.971 bits per heavy atom. The van der Waals surface area contributed by atoms with Crippen LogP contribution in [0, 0.1) is 16.0 Å². The lowest BCUT2D eigenvalue weighted by molar-refractivity contribution is -0.384. The zero-order valence-corrected chi connectivity index (χ0v) is 19.3. The van der Waals surface area contributed by atoms with Crippen LogP contribution in [0.2, 0.25) is 0 Å². The summed E-state index contributed by atoms with van der Waals surface area (Å²) in [6.45, 7) is 1.16. The van der Waals surface area contributed by atoms with Crippen molar-refractivity contribution in [3.05, 3.63) is 98.5 Å². The summed E-state index contributed by atoms with van der Waals surface area (Å²) in [7, 11) is -3.76. The summed E-state index contributed by atoms with van der Waals surface area (Å²) in [6.07, 6.45) is 0.850. The van der Waals surface area contributed by atoms with Crippen molar-refractivity contribution < 1.29 is 18.1 Å². The summed E-state index contributed by atoms with van der Waals surface area (Å²) < 4.78 is 29.9. The highest BCUT2D eigenvalue weighted by atomic mass is 32.2. The van der Waals surface area contributed by atoms with E-state index in [2.05, 4.69) is 5.32 Å². The van der Waals surface area contributed by atoms with Gasteiger partial charge in [-0.25, -0.2) is 8.42 Å². The number of hydrogen-bond acceptors (Lipinski definition) is 6. The molecule has 2 aliphatic heterocycles. The lowest BCUT2D eigenvalue weighted by Gasteiger charge is -2.42. The number of fused-ring (bicyclic) bond motifs is 4. The van der Waals surface area contributed by atoms with Crippen LogP contribution in [0.25, 0.3) is 0 Å². The second kappa shape index (κ2) is 8.75. The highest BCUT2D eigenvalue weighted by Crippen LogP contribution is 2.37. The number of piperidine rings is 1. The number of nitro groups is 1. The third kappa shape index (κ3) is 4.35. The molecule has 180 valence electrons. The number of benzene rings is 2. The number of aromatic nitrogens is 1. The van der Waals surface area contributed by atoms with Crippen molar-refractivity contribution in [2.75, 3.05) is 18.4 Å². The van der Waals surface area contributed by atoms with Gasteiger partial charge in [-0.1, -0.05) is 6.07 Å². The molecule has 10 nitrogen and oxygen atoms in total.